The Morgan fingerprint density at radius 2 is 1.68 bits per heavy atom. The van der Waals surface area contributed by atoms with Crippen LogP contribution in [0.1, 0.15) is 18.7 Å². The van der Waals surface area contributed by atoms with Gasteiger partial charge in [-0.3, -0.25) is 9.29 Å². The standard InChI is InChI=1S/C23H24N6O4S/c1-15-24-21(14-22(25-15)29-11-3-4-12-29)26-16-5-7-17(8-6-16)27-34(31,32)18-9-10-20-19(13-18)28(2)23(30)33-20/h5-10,13-14,27H,3-4,11-12H2,1-2H3,(H,24,25,26). The quantitative estimate of drug-likeness (QED) is 0.431. The molecule has 34 heavy (non-hydrogen) atoms. The first-order valence-corrected chi connectivity index (χ1v) is 12.4. The first-order valence-electron chi connectivity index (χ1n) is 10.9. The van der Waals surface area contributed by atoms with E-state index in [0.29, 0.717) is 28.4 Å². The van der Waals surface area contributed by atoms with Crippen LogP contribution in [0.4, 0.5) is 23.0 Å². The van der Waals surface area contributed by atoms with Crippen molar-refractivity contribution < 1.29 is 12.8 Å². The van der Waals surface area contributed by atoms with E-state index in [1.165, 1.54) is 29.8 Å². The van der Waals surface area contributed by atoms with Gasteiger partial charge in [-0.25, -0.2) is 23.2 Å². The largest absolute Gasteiger partial charge is 0.419 e. The zero-order chi connectivity index (χ0) is 23.9. The molecule has 1 saturated heterocycles. The molecule has 4 aromatic rings. The minimum Gasteiger partial charge on any atom is -0.408 e. The van der Waals surface area contributed by atoms with Crippen molar-refractivity contribution in [1.82, 2.24) is 14.5 Å². The normalized spacial score (nSPS) is 14.0. The average molecular weight is 481 g/mol. The van der Waals surface area contributed by atoms with Crippen molar-refractivity contribution in [2.75, 3.05) is 28.0 Å². The molecular weight excluding hydrogens is 456 g/mol. The molecular formula is C23H24N6O4S. The van der Waals surface area contributed by atoms with Gasteiger partial charge in [-0.1, -0.05) is 0 Å². The van der Waals surface area contributed by atoms with Crippen molar-refractivity contribution in [1.29, 1.82) is 0 Å². The molecule has 1 aliphatic rings. The molecule has 2 aromatic carbocycles. The third-order valence-corrected chi connectivity index (χ3v) is 7.12. The molecule has 2 N–H and O–H groups in total. The highest BCUT2D eigenvalue weighted by atomic mass is 32.2. The summed E-state index contributed by atoms with van der Waals surface area (Å²) in [6.07, 6.45) is 2.33. The number of nitrogens with zero attached hydrogens (tertiary/aromatic N) is 4. The van der Waals surface area contributed by atoms with Crippen LogP contribution in [-0.4, -0.2) is 36.0 Å². The van der Waals surface area contributed by atoms with Crippen LogP contribution in [0.3, 0.4) is 0 Å². The van der Waals surface area contributed by atoms with Crippen molar-refractivity contribution in [3.05, 3.63) is 64.9 Å². The number of benzene rings is 2. The van der Waals surface area contributed by atoms with Gasteiger partial charge >= 0.3 is 5.76 Å². The predicted octanol–water partition coefficient (Wildman–Crippen LogP) is 3.37. The average Bonchev–Trinajstić information content (AvgIpc) is 3.43. The van der Waals surface area contributed by atoms with Crippen LogP contribution in [0, 0.1) is 6.92 Å². The molecule has 3 heterocycles. The number of oxazole rings is 1. The zero-order valence-electron chi connectivity index (χ0n) is 18.8. The Labute approximate surface area is 196 Å². The summed E-state index contributed by atoms with van der Waals surface area (Å²) in [5.74, 6) is 1.72. The molecule has 0 bridgehead atoms. The van der Waals surface area contributed by atoms with Crippen LogP contribution in [0.5, 0.6) is 0 Å². The predicted molar refractivity (Wildman–Crippen MR) is 130 cm³/mol. The molecule has 0 unspecified atom stereocenters. The minimum atomic E-state index is -3.86. The molecule has 1 aliphatic heterocycles. The van der Waals surface area contributed by atoms with Gasteiger partial charge in [0.1, 0.15) is 17.5 Å². The Hall–Kier alpha value is -3.86. The summed E-state index contributed by atoms with van der Waals surface area (Å²) in [5, 5.41) is 3.26. The summed E-state index contributed by atoms with van der Waals surface area (Å²) in [6, 6.07) is 13.1. The van der Waals surface area contributed by atoms with E-state index >= 15 is 0 Å². The van der Waals surface area contributed by atoms with E-state index in [1.54, 1.807) is 24.3 Å². The first kappa shape index (κ1) is 22.0. The Bertz CT molecular complexity index is 1520. The lowest BCUT2D eigenvalue weighted by Gasteiger charge is -2.18. The lowest BCUT2D eigenvalue weighted by molar-refractivity contribution is 0.528. The SMILES string of the molecule is Cc1nc(Nc2ccc(NS(=O)(=O)c3ccc4oc(=O)n(C)c4c3)cc2)cc(N2CCCC2)n1. The number of aromatic nitrogens is 3. The molecule has 5 rings (SSSR count). The molecule has 0 saturated carbocycles. The number of rotatable bonds is 6. The number of sulfonamides is 1. The van der Waals surface area contributed by atoms with Gasteiger partial charge in [-0.15, -0.1) is 0 Å². The van der Waals surface area contributed by atoms with Crippen molar-refractivity contribution >= 4 is 44.1 Å². The van der Waals surface area contributed by atoms with E-state index < -0.39 is 15.8 Å². The summed E-state index contributed by atoms with van der Waals surface area (Å²) in [7, 11) is -2.33. The van der Waals surface area contributed by atoms with Crippen LogP contribution in [0.25, 0.3) is 11.1 Å². The Balaban J connectivity index is 1.32. The fourth-order valence-corrected chi connectivity index (χ4v) is 5.06. The number of hydrogen-bond acceptors (Lipinski definition) is 8. The van der Waals surface area contributed by atoms with Crippen molar-refractivity contribution in [3.8, 4) is 0 Å². The number of hydrogen-bond donors (Lipinski definition) is 2. The zero-order valence-corrected chi connectivity index (χ0v) is 19.6. The first-order chi connectivity index (χ1) is 16.3. The summed E-state index contributed by atoms with van der Waals surface area (Å²) in [6.45, 7) is 3.85. The molecule has 10 nitrogen and oxygen atoms in total. The highest BCUT2D eigenvalue weighted by Crippen LogP contribution is 2.25. The van der Waals surface area contributed by atoms with E-state index in [-0.39, 0.29) is 4.90 Å². The molecule has 0 radical (unpaired) electrons. The summed E-state index contributed by atoms with van der Waals surface area (Å²) < 4.78 is 34.6. The van der Waals surface area contributed by atoms with Crippen molar-refractivity contribution in [2.45, 2.75) is 24.7 Å². The molecule has 2 aromatic heterocycles. The Morgan fingerprint density at radius 1 is 0.971 bits per heavy atom. The van der Waals surface area contributed by atoms with Crippen molar-refractivity contribution in [3.63, 3.8) is 0 Å². The number of anilines is 4. The van der Waals surface area contributed by atoms with Gasteiger partial charge < -0.3 is 14.6 Å². The summed E-state index contributed by atoms with van der Waals surface area (Å²) >= 11 is 0. The topological polar surface area (TPSA) is 122 Å². The maximum atomic E-state index is 12.9. The van der Waals surface area contributed by atoms with Gasteiger partial charge in [0, 0.05) is 37.6 Å². The Morgan fingerprint density at radius 3 is 2.41 bits per heavy atom. The molecule has 11 heteroatoms. The highest BCUT2D eigenvalue weighted by Gasteiger charge is 2.18. The summed E-state index contributed by atoms with van der Waals surface area (Å²) in [5.41, 5.74) is 1.90. The van der Waals surface area contributed by atoms with Gasteiger partial charge in [0.2, 0.25) is 0 Å². The maximum Gasteiger partial charge on any atom is 0.419 e. The van der Waals surface area contributed by atoms with E-state index in [0.717, 1.165) is 37.4 Å². The fourth-order valence-electron chi connectivity index (χ4n) is 3.98. The number of fused-ring (bicyclic) bond motifs is 1. The lowest BCUT2D eigenvalue weighted by atomic mass is 10.3. The Kier molecular flexibility index (Phi) is 5.48. The molecule has 0 aliphatic carbocycles. The third-order valence-electron chi connectivity index (χ3n) is 5.74. The van der Waals surface area contributed by atoms with Gasteiger partial charge in [-0.2, -0.15) is 0 Å². The fraction of sp³-hybridized carbons (Fsp3) is 0.261. The second kappa shape index (κ2) is 8.49. The van der Waals surface area contributed by atoms with E-state index in [9.17, 15) is 13.2 Å². The lowest BCUT2D eigenvalue weighted by Crippen LogP contribution is -2.19. The number of aryl methyl sites for hydroxylation is 2. The van der Waals surface area contributed by atoms with Crippen LogP contribution in [-0.2, 0) is 17.1 Å². The smallest absolute Gasteiger partial charge is 0.408 e. The van der Waals surface area contributed by atoms with Gasteiger partial charge in [-0.05, 0) is 62.2 Å². The van der Waals surface area contributed by atoms with Gasteiger partial charge in [0.25, 0.3) is 10.0 Å². The second-order valence-corrected chi connectivity index (χ2v) is 9.90. The van der Waals surface area contributed by atoms with Crippen LogP contribution >= 0.6 is 0 Å². The maximum absolute atomic E-state index is 12.9. The monoisotopic (exact) mass is 480 g/mol. The van der Waals surface area contributed by atoms with Crippen LogP contribution < -0.4 is 20.7 Å². The van der Waals surface area contributed by atoms with Crippen molar-refractivity contribution in [2.24, 2.45) is 7.05 Å². The van der Waals surface area contributed by atoms with Crippen LogP contribution in [0.2, 0.25) is 0 Å². The van der Waals surface area contributed by atoms with Gasteiger partial charge in [0.15, 0.2) is 5.58 Å². The highest BCUT2D eigenvalue weighted by molar-refractivity contribution is 7.92. The molecule has 0 spiro atoms. The molecule has 1 fully saturated rings. The van der Waals surface area contributed by atoms with Gasteiger partial charge in [0.05, 0.1) is 10.4 Å². The third kappa shape index (κ3) is 4.34. The van der Waals surface area contributed by atoms with E-state index in [4.69, 9.17) is 4.42 Å². The summed E-state index contributed by atoms with van der Waals surface area (Å²) in [4.78, 5) is 23.0. The molecule has 0 amide bonds. The number of nitrogens with one attached hydrogen (secondary N) is 2. The van der Waals surface area contributed by atoms with E-state index in [1.807, 2.05) is 13.0 Å². The van der Waals surface area contributed by atoms with E-state index in [2.05, 4.69) is 24.9 Å². The minimum absolute atomic E-state index is 0.0319. The molecule has 176 valence electrons. The van der Waals surface area contributed by atoms with Crippen LogP contribution in [0.15, 0.2) is 62.6 Å². The second-order valence-electron chi connectivity index (χ2n) is 8.22. The molecule has 0 atom stereocenters.